The zero-order valence-corrected chi connectivity index (χ0v) is 17.5. The van der Waals surface area contributed by atoms with Crippen LogP contribution in [0.25, 0.3) is 0 Å². The van der Waals surface area contributed by atoms with Crippen LogP contribution in [0.5, 0.6) is 0 Å². The van der Waals surface area contributed by atoms with E-state index in [0.717, 1.165) is 4.31 Å². The van der Waals surface area contributed by atoms with Gasteiger partial charge in [-0.1, -0.05) is 49.7 Å². The van der Waals surface area contributed by atoms with Gasteiger partial charge in [0, 0.05) is 11.1 Å². The van der Waals surface area contributed by atoms with E-state index < -0.39 is 10.0 Å². The van der Waals surface area contributed by atoms with E-state index in [1.807, 2.05) is 20.8 Å². The maximum atomic E-state index is 13.3. The number of nitrogens with one attached hydrogen (secondary N) is 1. The number of carbonyl (C=O) groups is 1. The Morgan fingerprint density at radius 3 is 2.30 bits per heavy atom. The molecule has 2 rings (SSSR count). The highest BCUT2D eigenvalue weighted by Gasteiger charge is 2.29. The minimum Gasteiger partial charge on any atom is -0.352 e. The van der Waals surface area contributed by atoms with Gasteiger partial charge in [0.1, 0.15) is 6.54 Å². The quantitative estimate of drug-likeness (QED) is 0.752. The Morgan fingerprint density at radius 2 is 1.70 bits per heavy atom. The largest absolute Gasteiger partial charge is 0.352 e. The Kier molecular flexibility index (Phi) is 6.89. The maximum absolute atomic E-state index is 13.3. The van der Waals surface area contributed by atoms with Crippen LogP contribution in [0.15, 0.2) is 53.4 Å². The van der Waals surface area contributed by atoms with Gasteiger partial charge in [0.05, 0.1) is 10.6 Å². The molecule has 0 aliphatic rings. The van der Waals surface area contributed by atoms with E-state index in [4.69, 9.17) is 11.6 Å². The molecular weight excluding hydrogens is 384 g/mol. The molecule has 27 heavy (non-hydrogen) atoms. The third-order valence-corrected chi connectivity index (χ3v) is 6.70. The molecular formula is C20H25ClN2O3S. The topological polar surface area (TPSA) is 66.5 Å². The highest BCUT2D eigenvalue weighted by Crippen LogP contribution is 2.30. The van der Waals surface area contributed by atoms with Crippen molar-refractivity contribution in [2.75, 3.05) is 10.8 Å². The molecule has 0 aliphatic carbocycles. The molecule has 0 heterocycles. The van der Waals surface area contributed by atoms with Gasteiger partial charge in [0.25, 0.3) is 10.0 Å². The van der Waals surface area contributed by atoms with Crippen molar-refractivity contribution in [1.29, 1.82) is 0 Å². The van der Waals surface area contributed by atoms with Crippen LogP contribution in [0, 0.1) is 12.8 Å². The summed E-state index contributed by atoms with van der Waals surface area (Å²) in [6.07, 6.45) is 0. The van der Waals surface area contributed by atoms with Crippen molar-refractivity contribution >= 4 is 33.2 Å². The van der Waals surface area contributed by atoms with Crippen LogP contribution in [0.1, 0.15) is 26.3 Å². The molecule has 2 aromatic carbocycles. The summed E-state index contributed by atoms with van der Waals surface area (Å²) in [5, 5.41) is 3.30. The van der Waals surface area contributed by atoms with Crippen molar-refractivity contribution in [3.63, 3.8) is 0 Å². The van der Waals surface area contributed by atoms with E-state index in [-0.39, 0.29) is 29.3 Å². The normalized spacial score (nSPS) is 12.7. The molecule has 0 spiro atoms. The molecule has 1 atom stereocenters. The molecule has 0 aliphatic heterocycles. The molecule has 2 aromatic rings. The van der Waals surface area contributed by atoms with Gasteiger partial charge in [-0.25, -0.2) is 8.42 Å². The van der Waals surface area contributed by atoms with Crippen molar-refractivity contribution in [3.05, 3.63) is 59.1 Å². The van der Waals surface area contributed by atoms with Crippen LogP contribution in [-0.2, 0) is 14.8 Å². The van der Waals surface area contributed by atoms with E-state index >= 15 is 0 Å². The molecule has 0 aromatic heterocycles. The SMILES string of the molecule is Cc1c(Cl)cccc1N(CC(=O)NC(C)C(C)C)S(=O)(=O)c1ccccc1. The van der Waals surface area contributed by atoms with Gasteiger partial charge in [0.2, 0.25) is 5.91 Å². The lowest BCUT2D eigenvalue weighted by Gasteiger charge is -2.27. The molecule has 0 saturated carbocycles. The molecule has 0 fully saturated rings. The highest BCUT2D eigenvalue weighted by molar-refractivity contribution is 7.92. The first kappa shape index (κ1) is 21.3. The average Bonchev–Trinajstić information content (AvgIpc) is 2.63. The Hall–Kier alpha value is -2.05. The van der Waals surface area contributed by atoms with Crippen LogP contribution in [0.2, 0.25) is 5.02 Å². The summed E-state index contributed by atoms with van der Waals surface area (Å²) in [7, 11) is -3.93. The van der Waals surface area contributed by atoms with Gasteiger partial charge in [-0.2, -0.15) is 0 Å². The summed E-state index contributed by atoms with van der Waals surface area (Å²) in [4.78, 5) is 12.7. The van der Waals surface area contributed by atoms with Crippen molar-refractivity contribution in [2.45, 2.75) is 38.6 Å². The Morgan fingerprint density at radius 1 is 1.07 bits per heavy atom. The van der Waals surface area contributed by atoms with Gasteiger partial charge >= 0.3 is 0 Å². The lowest BCUT2D eigenvalue weighted by molar-refractivity contribution is -0.120. The zero-order chi connectivity index (χ0) is 20.2. The molecule has 1 unspecified atom stereocenters. The van der Waals surface area contributed by atoms with Crippen molar-refractivity contribution in [3.8, 4) is 0 Å². The highest BCUT2D eigenvalue weighted by atomic mass is 35.5. The van der Waals surface area contributed by atoms with Crippen molar-refractivity contribution in [1.82, 2.24) is 5.32 Å². The number of halogens is 1. The van der Waals surface area contributed by atoms with E-state index in [2.05, 4.69) is 5.32 Å². The molecule has 7 heteroatoms. The fraction of sp³-hybridized carbons (Fsp3) is 0.350. The van der Waals surface area contributed by atoms with E-state index in [9.17, 15) is 13.2 Å². The van der Waals surface area contributed by atoms with Gasteiger partial charge in [0.15, 0.2) is 0 Å². The van der Waals surface area contributed by atoms with E-state index in [1.54, 1.807) is 43.3 Å². The lowest BCUT2D eigenvalue weighted by atomic mass is 10.1. The number of rotatable bonds is 7. The predicted molar refractivity (Wildman–Crippen MR) is 110 cm³/mol. The Balaban J connectivity index is 2.47. The second-order valence-corrected chi connectivity index (χ2v) is 9.08. The summed E-state index contributed by atoms with van der Waals surface area (Å²) >= 11 is 6.19. The van der Waals surface area contributed by atoms with Gasteiger partial charge in [-0.05, 0) is 49.6 Å². The fourth-order valence-corrected chi connectivity index (χ4v) is 4.15. The summed E-state index contributed by atoms with van der Waals surface area (Å²) in [5.74, 6) is -0.129. The van der Waals surface area contributed by atoms with Crippen LogP contribution in [0.3, 0.4) is 0 Å². The minimum atomic E-state index is -3.93. The summed E-state index contributed by atoms with van der Waals surface area (Å²) < 4.78 is 27.6. The Bertz CT molecular complexity index is 899. The molecule has 1 N–H and O–H groups in total. The number of nitrogens with zero attached hydrogens (tertiary/aromatic N) is 1. The average molecular weight is 409 g/mol. The van der Waals surface area contributed by atoms with Crippen LogP contribution in [-0.4, -0.2) is 26.9 Å². The third-order valence-electron chi connectivity index (χ3n) is 4.51. The zero-order valence-electron chi connectivity index (χ0n) is 15.9. The summed E-state index contributed by atoms with van der Waals surface area (Å²) in [5.41, 5.74) is 0.988. The number of carbonyl (C=O) groups excluding carboxylic acids is 1. The van der Waals surface area contributed by atoms with E-state index in [0.29, 0.717) is 16.3 Å². The van der Waals surface area contributed by atoms with E-state index in [1.165, 1.54) is 12.1 Å². The number of sulfonamides is 1. The number of hydrogen-bond donors (Lipinski definition) is 1. The second-order valence-electron chi connectivity index (χ2n) is 6.81. The molecule has 0 radical (unpaired) electrons. The van der Waals surface area contributed by atoms with Crippen molar-refractivity contribution < 1.29 is 13.2 Å². The lowest BCUT2D eigenvalue weighted by Crippen LogP contribution is -2.45. The molecule has 0 saturated heterocycles. The number of anilines is 1. The standard InChI is InChI=1S/C20H25ClN2O3S/c1-14(2)16(4)22-20(24)13-23(19-12-8-11-18(21)15(19)3)27(25,26)17-9-6-5-7-10-17/h5-12,14,16H,13H2,1-4H3,(H,22,24). The predicted octanol–water partition coefficient (Wildman–Crippen LogP) is 4.00. The molecule has 146 valence electrons. The minimum absolute atomic E-state index is 0.0702. The summed E-state index contributed by atoms with van der Waals surface area (Å²) in [6.45, 7) is 7.29. The third kappa shape index (κ3) is 5.02. The molecule has 0 bridgehead atoms. The van der Waals surface area contributed by atoms with Crippen molar-refractivity contribution in [2.24, 2.45) is 5.92 Å². The maximum Gasteiger partial charge on any atom is 0.264 e. The molecule has 5 nitrogen and oxygen atoms in total. The monoisotopic (exact) mass is 408 g/mol. The smallest absolute Gasteiger partial charge is 0.264 e. The first-order valence-corrected chi connectivity index (χ1v) is 10.6. The summed E-state index contributed by atoms with van der Waals surface area (Å²) in [6, 6.07) is 13.0. The second kappa shape index (κ2) is 8.76. The first-order valence-electron chi connectivity index (χ1n) is 8.77. The van der Waals surface area contributed by atoms with Crippen LogP contribution < -0.4 is 9.62 Å². The first-order chi connectivity index (χ1) is 12.6. The van der Waals surface area contributed by atoms with Gasteiger partial charge < -0.3 is 5.32 Å². The van der Waals surface area contributed by atoms with Crippen LogP contribution >= 0.6 is 11.6 Å². The van der Waals surface area contributed by atoms with Crippen LogP contribution in [0.4, 0.5) is 5.69 Å². The number of hydrogen-bond acceptors (Lipinski definition) is 3. The van der Waals surface area contributed by atoms with Gasteiger partial charge in [-0.3, -0.25) is 9.10 Å². The molecule has 1 amide bonds. The fourth-order valence-electron chi connectivity index (χ4n) is 2.48. The number of benzene rings is 2. The van der Waals surface area contributed by atoms with Gasteiger partial charge in [-0.15, -0.1) is 0 Å². The number of amides is 1. The Labute approximate surface area is 166 Å².